The van der Waals surface area contributed by atoms with E-state index >= 15 is 0 Å². The number of hydrogen-bond donors (Lipinski definition) is 2. The van der Waals surface area contributed by atoms with Crippen LogP contribution in [0, 0.1) is 0 Å². The molecule has 0 aliphatic rings. The normalized spacial score (nSPS) is 10.1. The third kappa shape index (κ3) is 3.24. The Morgan fingerprint density at radius 2 is 2.00 bits per heavy atom. The van der Waals surface area contributed by atoms with Crippen molar-refractivity contribution in [1.29, 1.82) is 0 Å². The Bertz CT molecular complexity index is 581. The number of nitrogens with one attached hydrogen (secondary N) is 1. The van der Waals surface area contributed by atoms with Crippen molar-refractivity contribution in [3.63, 3.8) is 0 Å². The fraction of sp³-hybridized carbons (Fsp3) is 0. The van der Waals surface area contributed by atoms with Crippen LogP contribution in [0.1, 0.15) is 10.4 Å². The summed E-state index contributed by atoms with van der Waals surface area (Å²) in [6, 6.07) is 12.0. The second-order valence-corrected chi connectivity index (χ2v) is 5.09. The molecule has 0 heterocycles. The van der Waals surface area contributed by atoms with E-state index in [0.717, 1.165) is 4.47 Å². The van der Waals surface area contributed by atoms with Gasteiger partial charge in [-0.15, -0.1) is 0 Å². The molecule has 1 amide bonds. The summed E-state index contributed by atoms with van der Waals surface area (Å²) in [4.78, 5) is 12.0. The van der Waals surface area contributed by atoms with Crippen molar-refractivity contribution in [1.82, 2.24) is 0 Å². The molecule has 2 rings (SSSR count). The number of carbonyl (C=O) groups is 1. The molecule has 0 aromatic heterocycles. The van der Waals surface area contributed by atoms with Gasteiger partial charge >= 0.3 is 0 Å². The molecule has 0 aliphatic heterocycles. The van der Waals surface area contributed by atoms with E-state index in [2.05, 4.69) is 21.2 Å². The van der Waals surface area contributed by atoms with Crippen molar-refractivity contribution in [2.45, 2.75) is 0 Å². The molecule has 0 saturated carbocycles. The van der Waals surface area contributed by atoms with E-state index in [9.17, 15) is 4.79 Å². The maximum Gasteiger partial charge on any atom is 0.255 e. The molecule has 0 atom stereocenters. The lowest BCUT2D eigenvalue weighted by molar-refractivity contribution is 0.102. The number of nitrogens with two attached hydrogens (primary N) is 1. The largest absolute Gasteiger partial charge is 0.399 e. The molecule has 0 bridgehead atoms. The van der Waals surface area contributed by atoms with Gasteiger partial charge in [0.05, 0.1) is 0 Å². The lowest BCUT2D eigenvalue weighted by Gasteiger charge is -2.06. The van der Waals surface area contributed by atoms with E-state index < -0.39 is 0 Å². The fourth-order valence-corrected chi connectivity index (χ4v) is 2.36. The molecule has 0 radical (unpaired) electrons. The SMILES string of the molecule is Nc1cccc(NC(=O)c2cc(Cl)cc(Br)c2)c1. The molecule has 0 spiro atoms. The molecule has 0 fully saturated rings. The van der Waals surface area contributed by atoms with Gasteiger partial charge in [-0.05, 0) is 36.4 Å². The standard InChI is InChI=1S/C13H10BrClN2O/c14-9-4-8(5-10(15)6-9)13(18)17-12-3-1-2-11(16)7-12/h1-7H,16H2,(H,17,18). The van der Waals surface area contributed by atoms with Crippen LogP contribution in [0.4, 0.5) is 11.4 Å². The van der Waals surface area contributed by atoms with E-state index in [1.54, 1.807) is 42.5 Å². The van der Waals surface area contributed by atoms with Crippen molar-refractivity contribution in [3.05, 3.63) is 57.5 Å². The van der Waals surface area contributed by atoms with Crippen LogP contribution in [-0.4, -0.2) is 5.91 Å². The van der Waals surface area contributed by atoms with E-state index in [1.165, 1.54) is 0 Å². The Hall–Kier alpha value is -1.52. The van der Waals surface area contributed by atoms with Gasteiger partial charge in [-0.3, -0.25) is 4.79 Å². The third-order valence-electron chi connectivity index (χ3n) is 2.27. The fourth-order valence-electron chi connectivity index (χ4n) is 1.50. The number of halogens is 2. The zero-order chi connectivity index (χ0) is 13.1. The first kappa shape index (κ1) is 12.9. The minimum absolute atomic E-state index is 0.233. The highest BCUT2D eigenvalue weighted by Crippen LogP contribution is 2.21. The zero-order valence-corrected chi connectivity index (χ0v) is 11.6. The summed E-state index contributed by atoms with van der Waals surface area (Å²) in [7, 11) is 0. The smallest absolute Gasteiger partial charge is 0.255 e. The number of hydrogen-bond acceptors (Lipinski definition) is 2. The van der Waals surface area contributed by atoms with E-state index in [4.69, 9.17) is 17.3 Å². The van der Waals surface area contributed by atoms with Gasteiger partial charge in [0.15, 0.2) is 0 Å². The highest BCUT2D eigenvalue weighted by molar-refractivity contribution is 9.10. The first-order valence-electron chi connectivity index (χ1n) is 5.17. The minimum atomic E-state index is -0.233. The molecular weight excluding hydrogens is 316 g/mol. The molecule has 92 valence electrons. The maximum atomic E-state index is 12.0. The van der Waals surface area contributed by atoms with Crippen LogP contribution in [-0.2, 0) is 0 Å². The lowest BCUT2D eigenvalue weighted by atomic mass is 10.2. The zero-order valence-electron chi connectivity index (χ0n) is 9.28. The Morgan fingerprint density at radius 3 is 2.67 bits per heavy atom. The summed E-state index contributed by atoms with van der Waals surface area (Å²) < 4.78 is 0.757. The Morgan fingerprint density at radius 1 is 1.22 bits per heavy atom. The van der Waals surface area contributed by atoms with Crippen LogP contribution in [0.25, 0.3) is 0 Å². The van der Waals surface area contributed by atoms with Gasteiger partial charge in [0, 0.05) is 26.4 Å². The van der Waals surface area contributed by atoms with Gasteiger partial charge in [-0.1, -0.05) is 33.6 Å². The number of anilines is 2. The average Bonchev–Trinajstić information content (AvgIpc) is 2.27. The summed E-state index contributed by atoms with van der Waals surface area (Å²) in [6.45, 7) is 0. The van der Waals surface area contributed by atoms with Crippen molar-refractivity contribution in [2.75, 3.05) is 11.1 Å². The minimum Gasteiger partial charge on any atom is -0.399 e. The topological polar surface area (TPSA) is 55.1 Å². The van der Waals surface area contributed by atoms with Crippen LogP contribution in [0.15, 0.2) is 46.9 Å². The number of amides is 1. The lowest BCUT2D eigenvalue weighted by Crippen LogP contribution is -2.12. The van der Waals surface area contributed by atoms with Crippen LogP contribution in [0.5, 0.6) is 0 Å². The predicted molar refractivity (Wildman–Crippen MR) is 78.0 cm³/mol. The first-order valence-corrected chi connectivity index (χ1v) is 6.35. The molecule has 5 heteroatoms. The molecule has 3 nitrogen and oxygen atoms in total. The van der Waals surface area contributed by atoms with Crippen LogP contribution in [0.3, 0.4) is 0 Å². The van der Waals surface area contributed by atoms with E-state index in [0.29, 0.717) is 22.0 Å². The second kappa shape index (κ2) is 5.42. The Labute approximate surface area is 118 Å². The van der Waals surface area contributed by atoms with Gasteiger partial charge in [0.25, 0.3) is 5.91 Å². The molecule has 0 saturated heterocycles. The summed E-state index contributed by atoms with van der Waals surface area (Å²) in [6.07, 6.45) is 0. The summed E-state index contributed by atoms with van der Waals surface area (Å²) in [5, 5.41) is 3.26. The number of nitrogen functional groups attached to an aromatic ring is 1. The van der Waals surface area contributed by atoms with Gasteiger partial charge in [0.2, 0.25) is 0 Å². The predicted octanol–water partition coefficient (Wildman–Crippen LogP) is 3.94. The Balaban J connectivity index is 2.22. The van der Waals surface area contributed by atoms with Crippen molar-refractivity contribution in [2.24, 2.45) is 0 Å². The number of carbonyl (C=O) groups excluding carboxylic acids is 1. The van der Waals surface area contributed by atoms with Crippen LogP contribution >= 0.6 is 27.5 Å². The molecule has 0 aliphatic carbocycles. The third-order valence-corrected chi connectivity index (χ3v) is 2.95. The Kier molecular flexibility index (Phi) is 3.89. The molecule has 2 aromatic rings. The average molecular weight is 326 g/mol. The van der Waals surface area contributed by atoms with Gasteiger partial charge in [-0.25, -0.2) is 0 Å². The quantitative estimate of drug-likeness (QED) is 0.822. The number of rotatable bonds is 2. The van der Waals surface area contributed by atoms with Crippen LogP contribution in [0.2, 0.25) is 5.02 Å². The van der Waals surface area contributed by atoms with Crippen molar-refractivity contribution >= 4 is 44.8 Å². The van der Waals surface area contributed by atoms with Crippen molar-refractivity contribution in [3.8, 4) is 0 Å². The molecule has 3 N–H and O–H groups in total. The molecule has 2 aromatic carbocycles. The van der Waals surface area contributed by atoms with Crippen molar-refractivity contribution < 1.29 is 4.79 Å². The van der Waals surface area contributed by atoms with E-state index in [1.807, 2.05) is 0 Å². The van der Waals surface area contributed by atoms with Gasteiger partial charge in [0.1, 0.15) is 0 Å². The second-order valence-electron chi connectivity index (χ2n) is 3.74. The highest BCUT2D eigenvalue weighted by atomic mass is 79.9. The molecular formula is C13H10BrClN2O. The van der Waals surface area contributed by atoms with Crippen LogP contribution < -0.4 is 11.1 Å². The maximum absolute atomic E-state index is 12.0. The summed E-state index contributed by atoms with van der Waals surface area (Å²) in [5.41, 5.74) is 7.37. The molecule has 18 heavy (non-hydrogen) atoms. The number of benzene rings is 2. The van der Waals surface area contributed by atoms with Gasteiger partial charge < -0.3 is 11.1 Å². The first-order chi connectivity index (χ1) is 8.54. The highest BCUT2D eigenvalue weighted by Gasteiger charge is 2.08. The van der Waals surface area contributed by atoms with E-state index in [-0.39, 0.29) is 5.91 Å². The summed E-state index contributed by atoms with van der Waals surface area (Å²) in [5.74, 6) is -0.233. The summed E-state index contributed by atoms with van der Waals surface area (Å²) >= 11 is 9.19. The molecule has 0 unspecified atom stereocenters. The monoisotopic (exact) mass is 324 g/mol. The van der Waals surface area contributed by atoms with Gasteiger partial charge in [-0.2, -0.15) is 0 Å².